The molecule has 0 unspecified atom stereocenters. The molecular weight excluding hydrogens is 104 g/mol. The van der Waals surface area contributed by atoms with E-state index in [0.717, 1.165) is 0 Å². The summed E-state index contributed by atoms with van der Waals surface area (Å²) < 4.78 is 10.0. The first-order valence-electron chi connectivity index (χ1n) is 2.76. The summed E-state index contributed by atoms with van der Waals surface area (Å²) in [5.41, 5.74) is 0. The van der Waals surface area contributed by atoms with Crippen LogP contribution in [0.5, 0.6) is 0 Å². The molecule has 0 aromatic carbocycles. The van der Waals surface area contributed by atoms with Crippen molar-refractivity contribution in [2.75, 3.05) is 0 Å². The first-order valence-corrected chi connectivity index (χ1v) is 2.76. The van der Waals surface area contributed by atoms with Gasteiger partial charge in [0.15, 0.2) is 0 Å². The third-order valence-electron chi connectivity index (χ3n) is 1.03. The maximum absolute atomic E-state index is 5.01. The van der Waals surface area contributed by atoms with Crippen molar-refractivity contribution in [2.45, 2.75) is 20.1 Å². The topological polar surface area (TPSA) is 18.5 Å². The highest BCUT2D eigenvalue weighted by Crippen LogP contribution is 2.13. The van der Waals surface area contributed by atoms with Crippen LogP contribution in [-0.2, 0) is 9.47 Å². The third-order valence-corrected chi connectivity index (χ3v) is 1.03. The van der Waals surface area contributed by atoms with Gasteiger partial charge in [-0.1, -0.05) is 13.8 Å². The van der Waals surface area contributed by atoms with E-state index >= 15 is 0 Å². The van der Waals surface area contributed by atoms with Gasteiger partial charge in [0.25, 0.3) is 0 Å². The van der Waals surface area contributed by atoms with E-state index in [2.05, 4.69) is 13.8 Å². The smallest absolute Gasteiger partial charge is 0.241 e. The Balaban J connectivity index is 2.29. The van der Waals surface area contributed by atoms with E-state index in [1.54, 1.807) is 12.5 Å². The van der Waals surface area contributed by atoms with Crippen LogP contribution in [0.15, 0.2) is 12.5 Å². The van der Waals surface area contributed by atoms with Crippen molar-refractivity contribution in [3.05, 3.63) is 12.5 Å². The van der Waals surface area contributed by atoms with Crippen molar-refractivity contribution < 1.29 is 9.47 Å². The number of rotatable bonds is 1. The minimum Gasteiger partial charge on any atom is -0.459 e. The Labute approximate surface area is 49.1 Å². The summed E-state index contributed by atoms with van der Waals surface area (Å²) in [4.78, 5) is 0. The first kappa shape index (κ1) is 5.48. The Hall–Kier alpha value is -0.660. The molecule has 0 aliphatic carbocycles. The number of hydrogen-bond donors (Lipinski definition) is 0. The lowest BCUT2D eigenvalue weighted by molar-refractivity contribution is -0.0559. The summed E-state index contributed by atoms with van der Waals surface area (Å²) in [7, 11) is 0. The van der Waals surface area contributed by atoms with E-state index in [9.17, 15) is 0 Å². The summed E-state index contributed by atoms with van der Waals surface area (Å²) in [6, 6.07) is 0. The third kappa shape index (κ3) is 0.941. The largest absolute Gasteiger partial charge is 0.459 e. The van der Waals surface area contributed by atoms with Crippen molar-refractivity contribution in [1.82, 2.24) is 0 Å². The van der Waals surface area contributed by atoms with Gasteiger partial charge in [0.05, 0.1) is 0 Å². The van der Waals surface area contributed by atoms with Crippen molar-refractivity contribution in [3.63, 3.8) is 0 Å². The van der Waals surface area contributed by atoms with E-state index in [-0.39, 0.29) is 6.29 Å². The Morgan fingerprint density at radius 1 is 1.25 bits per heavy atom. The quantitative estimate of drug-likeness (QED) is 0.514. The van der Waals surface area contributed by atoms with Gasteiger partial charge in [-0.15, -0.1) is 0 Å². The zero-order valence-corrected chi connectivity index (χ0v) is 5.13. The molecule has 0 aromatic heterocycles. The average molecular weight is 114 g/mol. The van der Waals surface area contributed by atoms with Gasteiger partial charge in [-0.05, 0) is 0 Å². The predicted molar refractivity (Wildman–Crippen MR) is 29.9 cm³/mol. The molecular formula is C6H10O2. The predicted octanol–water partition coefficient (Wildman–Crippen LogP) is 1.49. The molecule has 2 nitrogen and oxygen atoms in total. The first-order chi connectivity index (χ1) is 3.80. The summed E-state index contributed by atoms with van der Waals surface area (Å²) in [6.45, 7) is 4.11. The second-order valence-corrected chi connectivity index (χ2v) is 2.16. The molecule has 2 heteroatoms. The van der Waals surface area contributed by atoms with Gasteiger partial charge < -0.3 is 9.47 Å². The van der Waals surface area contributed by atoms with Crippen LogP contribution in [0.25, 0.3) is 0 Å². The molecule has 0 bridgehead atoms. The Bertz CT molecular complexity index is 88.7. The minimum atomic E-state index is -0.0463. The fourth-order valence-electron chi connectivity index (χ4n) is 0.565. The molecule has 8 heavy (non-hydrogen) atoms. The molecule has 0 fully saturated rings. The maximum Gasteiger partial charge on any atom is 0.241 e. The molecule has 1 heterocycles. The molecule has 1 aliphatic heterocycles. The molecule has 1 rings (SSSR count). The molecule has 0 N–H and O–H groups in total. The fourth-order valence-corrected chi connectivity index (χ4v) is 0.565. The van der Waals surface area contributed by atoms with Crippen LogP contribution < -0.4 is 0 Å². The summed E-state index contributed by atoms with van der Waals surface area (Å²) >= 11 is 0. The molecule has 0 spiro atoms. The van der Waals surface area contributed by atoms with Crippen LogP contribution in [0.1, 0.15) is 13.8 Å². The second kappa shape index (κ2) is 2.07. The van der Waals surface area contributed by atoms with Gasteiger partial charge in [0.1, 0.15) is 12.5 Å². The lowest BCUT2D eigenvalue weighted by Crippen LogP contribution is -2.14. The molecule has 0 saturated carbocycles. The summed E-state index contributed by atoms with van der Waals surface area (Å²) in [6.07, 6.45) is 3.10. The molecule has 46 valence electrons. The minimum absolute atomic E-state index is 0.0463. The molecule has 0 aromatic rings. The van der Waals surface area contributed by atoms with Crippen LogP contribution in [0.4, 0.5) is 0 Å². The van der Waals surface area contributed by atoms with Crippen LogP contribution in [0.2, 0.25) is 0 Å². The van der Waals surface area contributed by atoms with E-state index in [1.165, 1.54) is 0 Å². The van der Waals surface area contributed by atoms with E-state index in [1.807, 2.05) is 0 Å². The molecule has 0 atom stereocenters. The van der Waals surface area contributed by atoms with E-state index < -0.39 is 0 Å². The van der Waals surface area contributed by atoms with Crippen molar-refractivity contribution >= 4 is 0 Å². The second-order valence-electron chi connectivity index (χ2n) is 2.16. The SMILES string of the molecule is CC(C)C1OC=CO1. The number of ether oxygens (including phenoxy) is 2. The van der Waals surface area contributed by atoms with Crippen LogP contribution in [0.3, 0.4) is 0 Å². The molecule has 1 aliphatic rings. The van der Waals surface area contributed by atoms with Gasteiger partial charge >= 0.3 is 0 Å². The normalized spacial score (nSPS) is 18.9. The van der Waals surface area contributed by atoms with Gasteiger partial charge in [-0.25, -0.2) is 0 Å². The van der Waals surface area contributed by atoms with Crippen LogP contribution in [-0.4, -0.2) is 6.29 Å². The van der Waals surface area contributed by atoms with Crippen LogP contribution >= 0.6 is 0 Å². The van der Waals surface area contributed by atoms with Gasteiger partial charge in [-0.2, -0.15) is 0 Å². The molecule has 0 amide bonds. The van der Waals surface area contributed by atoms with Crippen LogP contribution in [0, 0.1) is 5.92 Å². The van der Waals surface area contributed by atoms with Crippen molar-refractivity contribution in [1.29, 1.82) is 0 Å². The monoisotopic (exact) mass is 114 g/mol. The fraction of sp³-hybridized carbons (Fsp3) is 0.667. The number of hydrogen-bond acceptors (Lipinski definition) is 2. The van der Waals surface area contributed by atoms with E-state index in [0.29, 0.717) is 5.92 Å². The lowest BCUT2D eigenvalue weighted by Gasteiger charge is -2.12. The van der Waals surface area contributed by atoms with Gasteiger partial charge in [-0.3, -0.25) is 0 Å². The standard InChI is InChI=1S/C6H10O2/c1-5(2)6-7-3-4-8-6/h3-6H,1-2H3. The highest BCUT2D eigenvalue weighted by Gasteiger charge is 2.15. The molecule has 0 radical (unpaired) electrons. The highest BCUT2D eigenvalue weighted by molar-refractivity contribution is 4.72. The summed E-state index contributed by atoms with van der Waals surface area (Å²) in [5, 5.41) is 0. The molecule has 0 saturated heterocycles. The lowest BCUT2D eigenvalue weighted by atomic mass is 10.2. The van der Waals surface area contributed by atoms with Crippen molar-refractivity contribution in [3.8, 4) is 0 Å². The van der Waals surface area contributed by atoms with Gasteiger partial charge in [0, 0.05) is 5.92 Å². The Kier molecular flexibility index (Phi) is 1.42. The Morgan fingerprint density at radius 2 is 1.75 bits per heavy atom. The zero-order valence-electron chi connectivity index (χ0n) is 5.13. The van der Waals surface area contributed by atoms with Crippen molar-refractivity contribution in [2.24, 2.45) is 5.92 Å². The highest BCUT2D eigenvalue weighted by atomic mass is 16.7. The Morgan fingerprint density at radius 3 is 2.00 bits per heavy atom. The average Bonchev–Trinajstić information content (AvgIpc) is 2.12. The summed E-state index contributed by atoms with van der Waals surface area (Å²) in [5.74, 6) is 0.435. The maximum atomic E-state index is 5.01. The zero-order chi connectivity index (χ0) is 5.98. The van der Waals surface area contributed by atoms with E-state index in [4.69, 9.17) is 9.47 Å². The van der Waals surface area contributed by atoms with Gasteiger partial charge in [0.2, 0.25) is 6.29 Å².